The van der Waals surface area contributed by atoms with Crippen LogP contribution in [-0.2, 0) is 4.79 Å². The molecule has 1 amide bonds. The molecular formula is C12H18N2O2. The predicted octanol–water partition coefficient (Wildman–Crippen LogP) is 1.54. The van der Waals surface area contributed by atoms with Crippen LogP contribution < -0.4 is 5.73 Å². The molecule has 1 aliphatic heterocycles. The van der Waals surface area contributed by atoms with Crippen molar-refractivity contribution in [3.8, 4) is 0 Å². The van der Waals surface area contributed by atoms with Crippen LogP contribution in [0.1, 0.15) is 32.1 Å². The van der Waals surface area contributed by atoms with Crippen LogP contribution in [0.25, 0.3) is 0 Å². The van der Waals surface area contributed by atoms with E-state index >= 15 is 0 Å². The number of carbonyl (C=O) groups excluding carboxylic acids is 1. The first-order valence-electron chi connectivity index (χ1n) is 5.68. The summed E-state index contributed by atoms with van der Waals surface area (Å²) in [6, 6.07) is 3.47. The van der Waals surface area contributed by atoms with Gasteiger partial charge in [0.05, 0.1) is 6.26 Å². The fourth-order valence-electron chi connectivity index (χ4n) is 2.25. The molecule has 1 saturated heterocycles. The van der Waals surface area contributed by atoms with E-state index in [4.69, 9.17) is 10.2 Å². The maximum absolute atomic E-state index is 11.8. The molecule has 1 aromatic heterocycles. The average molecular weight is 222 g/mol. The van der Waals surface area contributed by atoms with Crippen molar-refractivity contribution < 1.29 is 9.21 Å². The van der Waals surface area contributed by atoms with Gasteiger partial charge in [-0.05, 0) is 18.1 Å². The van der Waals surface area contributed by atoms with Crippen LogP contribution in [-0.4, -0.2) is 23.4 Å². The molecule has 1 fully saturated rings. The van der Waals surface area contributed by atoms with Crippen molar-refractivity contribution in [3.05, 3.63) is 24.2 Å². The molecule has 2 atom stereocenters. The standard InChI is InChI=1S/C12H18N2O2/c1-8(2)7-14-11(15)6-9(13)12(14)10-4-3-5-16-10/h3-5,8-9,12H,6-7,13H2,1-2H3. The Bertz CT molecular complexity index is 359. The third-order valence-electron chi connectivity index (χ3n) is 2.87. The number of nitrogens with zero attached hydrogens (tertiary/aromatic N) is 1. The first-order chi connectivity index (χ1) is 7.59. The molecular weight excluding hydrogens is 204 g/mol. The highest BCUT2D eigenvalue weighted by molar-refractivity contribution is 5.80. The first kappa shape index (κ1) is 11.2. The fourth-order valence-corrected chi connectivity index (χ4v) is 2.25. The Hall–Kier alpha value is -1.29. The molecule has 1 aromatic rings. The number of rotatable bonds is 3. The number of carbonyl (C=O) groups is 1. The highest BCUT2D eigenvalue weighted by Gasteiger charge is 2.40. The Labute approximate surface area is 95.4 Å². The van der Waals surface area contributed by atoms with Crippen LogP contribution in [0, 0.1) is 5.92 Å². The van der Waals surface area contributed by atoms with Gasteiger partial charge in [-0.2, -0.15) is 0 Å². The number of furan rings is 1. The fraction of sp³-hybridized carbons (Fsp3) is 0.583. The number of likely N-dealkylation sites (tertiary alicyclic amines) is 1. The van der Waals surface area contributed by atoms with Crippen molar-refractivity contribution in [2.45, 2.75) is 32.4 Å². The summed E-state index contributed by atoms with van der Waals surface area (Å²) < 4.78 is 5.37. The van der Waals surface area contributed by atoms with Crippen molar-refractivity contribution in [1.29, 1.82) is 0 Å². The highest BCUT2D eigenvalue weighted by atomic mass is 16.3. The number of hydrogen-bond donors (Lipinski definition) is 1. The van der Waals surface area contributed by atoms with Crippen molar-refractivity contribution in [3.63, 3.8) is 0 Å². The lowest BCUT2D eigenvalue weighted by atomic mass is 10.1. The van der Waals surface area contributed by atoms with Gasteiger partial charge in [-0.15, -0.1) is 0 Å². The van der Waals surface area contributed by atoms with E-state index in [0.717, 1.165) is 12.3 Å². The molecule has 0 spiro atoms. The summed E-state index contributed by atoms with van der Waals surface area (Å²) in [6.07, 6.45) is 2.04. The van der Waals surface area contributed by atoms with E-state index in [0.29, 0.717) is 12.3 Å². The van der Waals surface area contributed by atoms with E-state index in [-0.39, 0.29) is 18.0 Å². The van der Waals surface area contributed by atoms with Gasteiger partial charge in [-0.1, -0.05) is 13.8 Å². The highest BCUT2D eigenvalue weighted by Crippen LogP contribution is 2.32. The third kappa shape index (κ3) is 1.97. The van der Waals surface area contributed by atoms with Crippen molar-refractivity contribution in [2.24, 2.45) is 11.7 Å². The Kier molecular flexibility index (Phi) is 3.01. The second kappa shape index (κ2) is 4.29. The average Bonchev–Trinajstić information content (AvgIpc) is 2.75. The SMILES string of the molecule is CC(C)CN1C(=O)CC(N)C1c1ccco1. The summed E-state index contributed by atoms with van der Waals surface area (Å²) in [5.74, 6) is 1.35. The molecule has 0 radical (unpaired) electrons. The van der Waals surface area contributed by atoms with Crippen molar-refractivity contribution >= 4 is 5.91 Å². The van der Waals surface area contributed by atoms with Gasteiger partial charge in [0.25, 0.3) is 0 Å². The van der Waals surface area contributed by atoms with Gasteiger partial charge in [-0.25, -0.2) is 0 Å². The number of hydrogen-bond acceptors (Lipinski definition) is 3. The van der Waals surface area contributed by atoms with Gasteiger partial charge < -0.3 is 15.1 Å². The number of nitrogens with two attached hydrogens (primary N) is 1. The van der Waals surface area contributed by atoms with Crippen molar-refractivity contribution in [2.75, 3.05) is 6.54 Å². The van der Waals surface area contributed by atoms with Crippen molar-refractivity contribution in [1.82, 2.24) is 4.90 Å². The van der Waals surface area contributed by atoms with Crippen LogP contribution in [0.4, 0.5) is 0 Å². The molecule has 0 saturated carbocycles. The molecule has 1 aliphatic rings. The van der Waals surface area contributed by atoms with E-state index in [2.05, 4.69) is 13.8 Å². The minimum atomic E-state index is -0.155. The maximum atomic E-state index is 11.8. The zero-order valence-electron chi connectivity index (χ0n) is 9.72. The lowest BCUT2D eigenvalue weighted by Gasteiger charge is -2.26. The van der Waals surface area contributed by atoms with Crippen LogP contribution in [0.15, 0.2) is 22.8 Å². The predicted molar refractivity (Wildman–Crippen MR) is 60.6 cm³/mol. The smallest absolute Gasteiger partial charge is 0.224 e. The maximum Gasteiger partial charge on any atom is 0.224 e. The van der Waals surface area contributed by atoms with Gasteiger partial charge in [-0.3, -0.25) is 4.79 Å². The van der Waals surface area contributed by atoms with E-state index in [1.165, 1.54) is 0 Å². The van der Waals surface area contributed by atoms with E-state index in [1.807, 2.05) is 17.0 Å². The summed E-state index contributed by atoms with van der Waals surface area (Å²) in [4.78, 5) is 13.7. The minimum absolute atomic E-state index is 0.0927. The molecule has 4 nitrogen and oxygen atoms in total. The van der Waals surface area contributed by atoms with Crippen LogP contribution in [0.2, 0.25) is 0 Å². The van der Waals surface area contributed by atoms with Gasteiger partial charge >= 0.3 is 0 Å². The Balaban J connectivity index is 2.23. The normalized spacial score (nSPS) is 25.8. The largest absolute Gasteiger partial charge is 0.467 e. The zero-order chi connectivity index (χ0) is 11.7. The third-order valence-corrected chi connectivity index (χ3v) is 2.87. The lowest BCUT2D eigenvalue weighted by molar-refractivity contribution is -0.129. The first-order valence-corrected chi connectivity index (χ1v) is 5.68. The molecule has 0 aromatic carbocycles. The van der Waals surface area contributed by atoms with Gasteiger partial charge in [0, 0.05) is 19.0 Å². The Morgan fingerprint density at radius 3 is 2.94 bits per heavy atom. The molecule has 2 heterocycles. The summed E-state index contributed by atoms with van der Waals surface area (Å²) in [5.41, 5.74) is 6.00. The summed E-state index contributed by atoms with van der Waals surface area (Å²) in [6.45, 7) is 4.92. The van der Waals surface area contributed by atoms with E-state index in [9.17, 15) is 4.79 Å². The van der Waals surface area contributed by atoms with E-state index < -0.39 is 0 Å². The quantitative estimate of drug-likeness (QED) is 0.843. The molecule has 2 rings (SSSR count). The summed E-state index contributed by atoms with van der Waals surface area (Å²) >= 11 is 0. The molecule has 16 heavy (non-hydrogen) atoms. The molecule has 88 valence electrons. The van der Waals surface area contributed by atoms with Crippen LogP contribution >= 0.6 is 0 Å². The second-order valence-electron chi connectivity index (χ2n) is 4.77. The number of amides is 1. The molecule has 4 heteroatoms. The van der Waals surface area contributed by atoms with Crippen LogP contribution in [0.3, 0.4) is 0 Å². The lowest BCUT2D eigenvalue weighted by Crippen LogP contribution is -2.35. The molecule has 0 bridgehead atoms. The molecule has 2 unspecified atom stereocenters. The summed E-state index contributed by atoms with van der Waals surface area (Å²) in [5, 5.41) is 0. The second-order valence-corrected chi connectivity index (χ2v) is 4.77. The topological polar surface area (TPSA) is 59.5 Å². The molecule has 2 N–H and O–H groups in total. The Morgan fingerprint density at radius 1 is 1.62 bits per heavy atom. The monoisotopic (exact) mass is 222 g/mol. The van der Waals surface area contributed by atoms with E-state index in [1.54, 1.807) is 6.26 Å². The Morgan fingerprint density at radius 2 is 2.38 bits per heavy atom. The summed E-state index contributed by atoms with van der Waals surface area (Å²) in [7, 11) is 0. The van der Waals surface area contributed by atoms with Crippen LogP contribution in [0.5, 0.6) is 0 Å². The van der Waals surface area contributed by atoms with Gasteiger partial charge in [0.15, 0.2) is 0 Å². The molecule has 0 aliphatic carbocycles. The van der Waals surface area contributed by atoms with Gasteiger partial charge in [0.1, 0.15) is 11.8 Å². The van der Waals surface area contributed by atoms with Gasteiger partial charge in [0.2, 0.25) is 5.91 Å². The zero-order valence-corrected chi connectivity index (χ0v) is 9.72. The minimum Gasteiger partial charge on any atom is -0.467 e.